The van der Waals surface area contributed by atoms with Crippen LogP contribution >= 0.6 is 0 Å². The molecular formula is C11H17N5O2. The average Bonchev–Trinajstić information content (AvgIpc) is 2.82. The van der Waals surface area contributed by atoms with Gasteiger partial charge in [-0.05, 0) is 32.0 Å². The van der Waals surface area contributed by atoms with Gasteiger partial charge in [0.2, 0.25) is 5.82 Å². The molecule has 7 heteroatoms. The lowest BCUT2D eigenvalue weighted by Gasteiger charge is -2.15. The highest BCUT2D eigenvalue weighted by Gasteiger charge is 2.16. The molecule has 1 aromatic rings. The van der Waals surface area contributed by atoms with Gasteiger partial charge in [0.1, 0.15) is 5.82 Å². The molecule has 1 aliphatic rings. The van der Waals surface area contributed by atoms with E-state index in [0.29, 0.717) is 6.54 Å². The zero-order valence-corrected chi connectivity index (χ0v) is 10.1. The van der Waals surface area contributed by atoms with Gasteiger partial charge in [0.05, 0.1) is 4.92 Å². The van der Waals surface area contributed by atoms with E-state index in [9.17, 15) is 10.1 Å². The van der Waals surface area contributed by atoms with Crippen molar-refractivity contribution in [2.24, 2.45) is 0 Å². The Bertz CT molecular complexity index is 431. The van der Waals surface area contributed by atoms with Crippen molar-refractivity contribution in [1.82, 2.24) is 9.88 Å². The van der Waals surface area contributed by atoms with Gasteiger partial charge in [0, 0.05) is 19.2 Å². The van der Waals surface area contributed by atoms with Crippen molar-refractivity contribution < 1.29 is 4.92 Å². The molecule has 0 aliphatic carbocycles. The van der Waals surface area contributed by atoms with E-state index in [2.05, 4.69) is 15.2 Å². The first kappa shape index (κ1) is 12.6. The highest BCUT2D eigenvalue weighted by molar-refractivity contribution is 5.59. The summed E-state index contributed by atoms with van der Waals surface area (Å²) in [5.74, 6) is 0.531. The van der Waals surface area contributed by atoms with Crippen LogP contribution in [-0.2, 0) is 0 Å². The molecule has 2 heterocycles. The van der Waals surface area contributed by atoms with E-state index in [1.807, 2.05) is 0 Å². The summed E-state index contributed by atoms with van der Waals surface area (Å²) < 4.78 is 0. The first-order valence-electron chi connectivity index (χ1n) is 6.04. The summed E-state index contributed by atoms with van der Waals surface area (Å²) in [5.41, 5.74) is 5.50. The van der Waals surface area contributed by atoms with Crippen LogP contribution in [0.3, 0.4) is 0 Å². The topological polar surface area (TPSA) is 97.3 Å². The second kappa shape index (κ2) is 5.63. The number of aromatic nitrogens is 1. The van der Waals surface area contributed by atoms with Crippen molar-refractivity contribution in [3.8, 4) is 0 Å². The molecule has 0 unspecified atom stereocenters. The summed E-state index contributed by atoms with van der Waals surface area (Å²) in [6.07, 6.45) is 2.47. The standard InChI is InChI=1S/C11H17N5O2/c12-10-4-3-9(16(17)18)11(14-10)13-5-8-15-6-1-2-7-15/h3-4H,1-2,5-8H2,(H3,12,13,14). The molecule has 0 spiro atoms. The van der Waals surface area contributed by atoms with Gasteiger partial charge in [-0.25, -0.2) is 4.98 Å². The highest BCUT2D eigenvalue weighted by atomic mass is 16.6. The summed E-state index contributed by atoms with van der Waals surface area (Å²) in [6.45, 7) is 3.72. The Balaban J connectivity index is 1.94. The largest absolute Gasteiger partial charge is 0.384 e. The number of anilines is 2. The van der Waals surface area contributed by atoms with Crippen molar-refractivity contribution in [1.29, 1.82) is 0 Å². The Morgan fingerprint density at radius 2 is 2.17 bits per heavy atom. The fraction of sp³-hybridized carbons (Fsp3) is 0.545. The van der Waals surface area contributed by atoms with Crippen LogP contribution in [-0.4, -0.2) is 41.0 Å². The van der Waals surface area contributed by atoms with E-state index in [0.717, 1.165) is 19.6 Å². The summed E-state index contributed by atoms with van der Waals surface area (Å²) in [7, 11) is 0. The quantitative estimate of drug-likeness (QED) is 0.600. The van der Waals surface area contributed by atoms with E-state index < -0.39 is 4.92 Å². The molecule has 1 fully saturated rings. The number of pyridine rings is 1. The van der Waals surface area contributed by atoms with Crippen LogP contribution in [0.25, 0.3) is 0 Å². The van der Waals surface area contributed by atoms with Crippen LogP contribution in [0.5, 0.6) is 0 Å². The lowest BCUT2D eigenvalue weighted by atomic mass is 10.3. The maximum atomic E-state index is 10.8. The van der Waals surface area contributed by atoms with Gasteiger partial charge < -0.3 is 16.0 Å². The Kier molecular flexibility index (Phi) is 3.93. The third-order valence-electron chi connectivity index (χ3n) is 3.01. The Morgan fingerprint density at radius 3 is 2.83 bits per heavy atom. The van der Waals surface area contributed by atoms with Crippen molar-refractivity contribution in [2.75, 3.05) is 37.2 Å². The van der Waals surface area contributed by atoms with Gasteiger partial charge in [0.25, 0.3) is 0 Å². The summed E-state index contributed by atoms with van der Waals surface area (Å²) in [5, 5.41) is 13.8. The van der Waals surface area contributed by atoms with Crippen molar-refractivity contribution in [3.63, 3.8) is 0 Å². The van der Waals surface area contributed by atoms with Crippen molar-refractivity contribution in [3.05, 3.63) is 22.2 Å². The molecule has 0 saturated carbocycles. The Hall–Kier alpha value is -1.89. The number of hydrogen-bond acceptors (Lipinski definition) is 6. The van der Waals surface area contributed by atoms with E-state index in [1.54, 1.807) is 0 Å². The number of rotatable bonds is 5. The van der Waals surface area contributed by atoms with Gasteiger partial charge in [-0.2, -0.15) is 0 Å². The molecule has 18 heavy (non-hydrogen) atoms. The lowest BCUT2D eigenvalue weighted by Crippen LogP contribution is -2.26. The van der Waals surface area contributed by atoms with Gasteiger partial charge in [-0.1, -0.05) is 0 Å². The second-order valence-electron chi connectivity index (χ2n) is 4.34. The van der Waals surface area contributed by atoms with E-state index in [1.165, 1.54) is 25.0 Å². The monoisotopic (exact) mass is 251 g/mol. The van der Waals surface area contributed by atoms with Gasteiger partial charge in [-0.15, -0.1) is 0 Å². The van der Waals surface area contributed by atoms with E-state index >= 15 is 0 Å². The lowest BCUT2D eigenvalue weighted by molar-refractivity contribution is -0.384. The molecule has 0 amide bonds. The number of nitro groups is 1. The molecule has 2 rings (SSSR count). The number of nitrogens with two attached hydrogens (primary N) is 1. The van der Waals surface area contributed by atoms with Crippen molar-refractivity contribution in [2.45, 2.75) is 12.8 Å². The molecule has 3 N–H and O–H groups in total. The second-order valence-corrected chi connectivity index (χ2v) is 4.34. The number of hydrogen-bond donors (Lipinski definition) is 2. The van der Waals surface area contributed by atoms with Crippen LogP contribution in [0, 0.1) is 10.1 Å². The third kappa shape index (κ3) is 3.07. The molecule has 0 aromatic carbocycles. The van der Waals surface area contributed by atoms with Crippen LogP contribution < -0.4 is 11.1 Å². The van der Waals surface area contributed by atoms with Crippen LogP contribution in [0.2, 0.25) is 0 Å². The molecular weight excluding hydrogens is 234 g/mol. The molecule has 0 atom stereocenters. The number of nitrogens with zero attached hydrogens (tertiary/aromatic N) is 3. The summed E-state index contributed by atoms with van der Waals surface area (Å²) in [6, 6.07) is 2.81. The Morgan fingerprint density at radius 1 is 1.44 bits per heavy atom. The predicted molar refractivity (Wildman–Crippen MR) is 69.5 cm³/mol. The zero-order chi connectivity index (χ0) is 13.0. The average molecular weight is 251 g/mol. The summed E-state index contributed by atoms with van der Waals surface area (Å²) >= 11 is 0. The van der Waals surface area contributed by atoms with Gasteiger partial charge >= 0.3 is 5.69 Å². The maximum Gasteiger partial charge on any atom is 0.311 e. The minimum atomic E-state index is -0.454. The maximum absolute atomic E-state index is 10.8. The third-order valence-corrected chi connectivity index (χ3v) is 3.01. The normalized spacial score (nSPS) is 15.8. The molecule has 1 aliphatic heterocycles. The SMILES string of the molecule is Nc1ccc([N+](=O)[O-])c(NCCN2CCCC2)n1. The van der Waals surface area contributed by atoms with Crippen molar-refractivity contribution >= 4 is 17.3 Å². The molecule has 0 radical (unpaired) electrons. The first-order chi connectivity index (χ1) is 8.66. The zero-order valence-electron chi connectivity index (χ0n) is 10.1. The smallest absolute Gasteiger partial charge is 0.311 e. The van der Waals surface area contributed by atoms with Gasteiger partial charge in [-0.3, -0.25) is 10.1 Å². The molecule has 0 bridgehead atoms. The molecule has 1 saturated heterocycles. The van der Waals surface area contributed by atoms with Crippen LogP contribution in [0.4, 0.5) is 17.3 Å². The Labute approximate surface area is 105 Å². The van der Waals surface area contributed by atoms with Crippen LogP contribution in [0.1, 0.15) is 12.8 Å². The fourth-order valence-corrected chi connectivity index (χ4v) is 2.08. The molecule has 7 nitrogen and oxygen atoms in total. The predicted octanol–water partition coefficient (Wildman–Crippen LogP) is 1.08. The van der Waals surface area contributed by atoms with Crippen LogP contribution in [0.15, 0.2) is 12.1 Å². The minimum Gasteiger partial charge on any atom is -0.384 e. The molecule has 1 aromatic heterocycles. The van der Waals surface area contributed by atoms with E-state index in [4.69, 9.17) is 5.73 Å². The highest BCUT2D eigenvalue weighted by Crippen LogP contribution is 2.22. The minimum absolute atomic E-state index is 0.0365. The molecule has 98 valence electrons. The van der Waals surface area contributed by atoms with Gasteiger partial charge in [0.15, 0.2) is 0 Å². The number of nitrogens with one attached hydrogen (secondary N) is 1. The fourth-order valence-electron chi connectivity index (χ4n) is 2.08. The van der Waals surface area contributed by atoms with E-state index in [-0.39, 0.29) is 17.3 Å². The summed E-state index contributed by atoms with van der Waals surface area (Å²) in [4.78, 5) is 16.7. The number of nitrogen functional groups attached to an aromatic ring is 1. The number of likely N-dealkylation sites (tertiary alicyclic amines) is 1. The first-order valence-corrected chi connectivity index (χ1v) is 6.04.